The van der Waals surface area contributed by atoms with Crippen LogP contribution in [0.4, 0.5) is 0 Å². The minimum absolute atomic E-state index is 0.485. The molecule has 24 heavy (non-hydrogen) atoms. The van der Waals surface area contributed by atoms with E-state index >= 15 is 0 Å². The van der Waals surface area contributed by atoms with Crippen LogP contribution in [0.5, 0.6) is 5.75 Å². The van der Waals surface area contributed by atoms with E-state index in [0.717, 1.165) is 16.3 Å². The number of alkyl halides is 1. The highest BCUT2D eigenvalue weighted by atomic mass is 79.9. The van der Waals surface area contributed by atoms with Crippen molar-refractivity contribution in [2.45, 2.75) is 58.2 Å². The van der Waals surface area contributed by atoms with Crippen LogP contribution in [-0.2, 0) is 0 Å². The summed E-state index contributed by atoms with van der Waals surface area (Å²) in [4.78, 5) is 0. The van der Waals surface area contributed by atoms with Gasteiger partial charge in [0.2, 0.25) is 0 Å². The van der Waals surface area contributed by atoms with Gasteiger partial charge in [0.25, 0.3) is 0 Å². The molecule has 0 unspecified atom stereocenters. The van der Waals surface area contributed by atoms with E-state index in [4.69, 9.17) is 27.9 Å². The van der Waals surface area contributed by atoms with Crippen LogP contribution in [0.3, 0.4) is 0 Å². The second-order valence-electron chi connectivity index (χ2n) is 7.09. The molecule has 0 aliphatic carbocycles. The van der Waals surface area contributed by atoms with Crippen LogP contribution in [0.25, 0.3) is 5.03 Å². The summed E-state index contributed by atoms with van der Waals surface area (Å²) >= 11 is 16.4. The third-order valence-corrected chi connectivity index (χ3v) is 15.0. The molecule has 0 heterocycles. The summed E-state index contributed by atoms with van der Waals surface area (Å²) in [5, 5.41) is 0.835. The van der Waals surface area contributed by atoms with Gasteiger partial charge in [-0.2, -0.15) is 0 Å². The average Bonchev–Trinajstić information content (AvgIpc) is 2.52. The van der Waals surface area contributed by atoms with E-state index in [0.29, 0.717) is 29.1 Å². The molecule has 0 spiro atoms. The monoisotopic (exact) mass is 450 g/mol. The van der Waals surface area contributed by atoms with Crippen molar-refractivity contribution in [3.8, 4) is 5.75 Å². The zero-order valence-electron chi connectivity index (χ0n) is 15.5. The summed E-state index contributed by atoms with van der Waals surface area (Å²) in [5.41, 5.74) is 2.84. The summed E-state index contributed by atoms with van der Waals surface area (Å²) in [5.74, 6) is 1.30. The lowest BCUT2D eigenvalue weighted by molar-refractivity contribution is 0.343. The molecule has 0 fully saturated rings. The molecule has 1 nitrogen and oxygen atoms in total. The van der Waals surface area contributed by atoms with Crippen LogP contribution in [0.2, 0.25) is 16.6 Å². The number of rotatable bonds is 8. The smallest absolute Gasteiger partial charge is 0.119 e. The van der Waals surface area contributed by atoms with Crippen molar-refractivity contribution in [1.82, 2.24) is 0 Å². The summed E-state index contributed by atoms with van der Waals surface area (Å²) in [6.07, 6.45) is 0. The molecule has 0 aliphatic heterocycles. The van der Waals surface area contributed by atoms with Crippen LogP contribution in [0.1, 0.15) is 47.1 Å². The second kappa shape index (κ2) is 9.66. The molecule has 0 N–H and O–H groups in total. The molecular formula is C19H29BrCl2OSi. The number of ether oxygens (including phenoxy) is 1. The predicted molar refractivity (Wildman–Crippen MR) is 115 cm³/mol. The van der Waals surface area contributed by atoms with E-state index in [2.05, 4.69) is 57.5 Å². The highest BCUT2D eigenvalue weighted by molar-refractivity contribution is 9.12. The third kappa shape index (κ3) is 4.60. The van der Waals surface area contributed by atoms with Crippen LogP contribution in [0.15, 0.2) is 28.4 Å². The van der Waals surface area contributed by atoms with Crippen molar-refractivity contribution in [3.05, 3.63) is 33.9 Å². The van der Waals surface area contributed by atoms with Crippen molar-refractivity contribution < 1.29 is 4.74 Å². The number of hydrogen-bond acceptors (Lipinski definition) is 1. The Bertz CT molecular complexity index is 531. The van der Waals surface area contributed by atoms with Crippen LogP contribution in [-0.4, -0.2) is 20.6 Å². The maximum absolute atomic E-state index is 6.84. The Morgan fingerprint density at radius 2 is 1.46 bits per heavy atom. The first kappa shape index (κ1) is 22.1. The van der Waals surface area contributed by atoms with E-state index in [1.165, 1.54) is 4.11 Å². The zero-order chi connectivity index (χ0) is 18.5. The molecule has 5 heteroatoms. The molecule has 0 saturated heterocycles. The van der Waals surface area contributed by atoms with Gasteiger partial charge in [-0.05, 0) is 46.5 Å². The van der Waals surface area contributed by atoms with E-state index in [9.17, 15) is 0 Å². The standard InChI is InChI=1S/C19H29BrCl2OSi/c1-13(2)24(14(3)4,15(5)6)19(20)18(22)16-7-9-17(10-8-16)23-12-11-21/h7-10,13-15H,11-12H2,1-6H3/b19-18-. The topological polar surface area (TPSA) is 9.23 Å². The zero-order valence-corrected chi connectivity index (χ0v) is 19.6. The molecule has 1 rings (SSSR count). The van der Waals surface area contributed by atoms with E-state index in [-0.39, 0.29) is 0 Å². The molecular weight excluding hydrogens is 423 g/mol. The molecule has 0 atom stereocenters. The van der Waals surface area contributed by atoms with Crippen molar-refractivity contribution >= 4 is 52.2 Å². The average molecular weight is 452 g/mol. The van der Waals surface area contributed by atoms with Gasteiger partial charge in [-0.1, -0.05) is 69.1 Å². The molecule has 0 amide bonds. The summed E-state index contributed by atoms with van der Waals surface area (Å²) < 4.78 is 6.77. The lowest BCUT2D eigenvalue weighted by Gasteiger charge is -2.43. The molecule has 0 bridgehead atoms. The fraction of sp³-hybridized carbons (Fsp3) is 0.579. The van der Waals surface area contributed by atoms with E-state index in [1.807, 2.05) is 24.3 Å². The first-order chi connectivity index (χ1) is 11.2. The third-order valence-electron chi connectivity index (χ3n) is 4.89. The Balaban J connectivity index is 3.30. The Morgan fingerprint density at radius 3 is 1.83 bits per heavy atom. The van der Waals surface area contributed by atoms with Gasteiger partial charge in [-0.25, -0.2) is 0 Å². The van der Waals surface area contributed by atoms with Gasteiger partial charge in [0.1, 0.15) is 20.4 Å². The van der Waals surface area contributed by atoms with E-state index in [1.54, 1.807) is 0 Å². The Labute approximate surface area is 166 Å². The fourth-order valence-corrected chi connectivity index (χ4v) is 15.0. The molecule has 1 aromatic carbocycles. The highest BCUT2D eigenvalue weighted by Gasteiger charge is 2.46. The predicted octanol–water partition coefficient (Wildman–Crippen LogP) is 7.82. The van der Waals surface area contributed by atoms with Crippen molar-refractivity contribution in [2.24, 2.45) is 0 Å². The van der Waals surface area contributed by atoms with Gasteiger partial charge in [0, 0.05) is 4.11 Å². The SMILES string of the molecule is CC(C)[Si](/C(Br)=C(\Cl)c1ccc(OCCCl)cc1)(C(C)C)C(C)C. The van der Waals surface area contributed by atoms with Gasteiger partial charge in [-0.15, -0.1) is 11.6 Å². The van der Waals surface area contributed by atoms with Gasteiger partial charge < -0.3 is 4.74 Å². The minimum atomic E-state index is -1.80. The first-order valence-corrected chi connectivity index (χ1v) is 12.5. The molecule has 0 saturated carbocycles. The number of benzene rings is 1. The quantitative estimate of drug-likeness (QED) is 0.289. The first-order valence-electron chi connectivity index (χ1n) is 8.54. The lowest BCUT2D eigenvalue weighted by atomic mass is 10.2. The molecule has 136 valence electrons. The van der Waals surface area contributed by atoms with Crippen molar-refractivity contribution in [1.29, 1.82) is 0 Å². The molecule has 0 aromatic heterocycles. The number of halogens is 3. The second-order valence-corrected chi connectivity index (χ2v) is 15.2. The van der Waals surface area contributed by atoms with Gasteiger partial charge in [0.15, 0.2) is 0 Å². The Hall–Kier alpha value is 0.0369. The van der Waals surface area contributed by atoms with Crippen molar-refractivity contribution in [3.63, 3.8) is 0 Å². The number of hydrogen-bond donors (Lipinski definition) is 0. The van der Waals surface area contributed by atoms with Gasteiger partial charge in [0.05, 0.1) is 10.9 Å². The fourth-order valence-electron chi connectivity index (χ4n) is 3.93. The largest absolute Gasteiger partial charge is 0.492 e. The van der Waals surface area contributed by atoms with E-state index < -0.39 is 8.07 Å². The van der Waals surface area contributed by atoms with Crippen LogP contribution < -0.4 is 4.74 Å². The molecule has 0 radical (unpaired) electrons. The van der Waals surface area contributed by atoms with Gasteiger partial charge >= 0.3 is 0 Å². The molecule has 1 aromatic rings. The summed E-state index contributed by atoms with van der Waals surface area (Å²) in [6.45, 7) is 14.5. The maximum atomic E-state index is 6.84. The normalized spacial score (nSPS) is 13.7. The van der Waals surface area contributed by atoms with Crippen LogP contribution >= 0.6 is 39.1 Å². The van der Waals surface area contributed by atoms with Crippen LogP contribution in [0, 0.1) is 0 Å². The summed E-state index contributed by atoms with van der Waals surface area (Å²) in [6, 6.07) is 7.95. The minimum Gasteiger partial charge on any atom is -0.492 e. The van der Waals surface area contributed by atoms with Crippen molar-refractivity contribution in [2.75, 3.05) is 12.5 Å². The molecule has 0 aliphatic rings. The Morgan fingerprint density at radius 1 is 1.00 bits per heavy atom. The highest BCUT2D eigenvalue weighted by Crippen LogP contribution is 2.51. The lowest BCUT2D eigenvalue weighted by Crippen LogP contribution is -2.45. The maximum Gasteiger partial charge on any atom is 0.119 e. The van der Waals surface area contributed by atoms with Gasteiger partial charge in [-0.3, -0.25) is 0 Å². The Kier molecular flexibility index (Phi) is 8.88. The summed E-state index contributed by atoms with van der Waals surface area (Å²) in [7, 11) is -1.80.